The van der Waals surface area contributed by atoms with E-state index in [9.17, 15) is 10.1 Å². The molecule has 0 aliphatic heterocycles. The summed E-state index contributed by atoms with van der Waals surface area (Å²) in [6.07, 6.45) is 1.74. The fourth-order valence-electron chi connectivity index (χ4n) is 3.12. The first kappa shape index (κ1) is 16.7. The molecule has 4 aromatic rings. The molecule has 0 atom stereocenters. The van der Waals surface area contributed by atoms with Gasteiger partial charge in [-0.3, -0.25) is 15.1 Å². The van der Waals surface area contributed by atoms with Gasteiger partial charge in [0.2, 0.25) is 0 Å². The Bertz CT molecular complexity index is 1110. The third-order valence-corrected chi connectivity index (χ3v) is 4.40. The zero-order chi connectivity index (χ0) is 18.6. The number of non-ortho nitro benzene ring substituents is 1. The molecule has 0 aliphatic rings. The maximum absolute atomic E-state index is 11.2. The van der Waals surface area contributed by atoms with Crippen LogP contribution in [0.1, 0.15) is 5.56 Å². The van der Waals surface area contributed by atoms with E-state index in [0.29, 0.717) is 6.54 Å². The van der Waals surface area contributed by atoms with E-state index in [1.54, 1.807) is 18.3 Å². The minimum atomic E-state index is -0.375. The third-order valence-electron chi connectivity index (χ3n) is 4.40. The lowest BCUT2D eigenvalue weighted by molar-refractivity contribution is -0.384. The third kappa shape index (κ3) is 3.62. The summed E-state index contributed by atoms with van der Waals surface area (Å²) in [5, 5.41) is 15.6. The molecule has 0 spiro atoms. The van der Waals surface area contributed by atoms with Gasteiger partial charge in [-0.1, -0.05) is 36.4 Å². The number of pyridine rings is 1. The summed E-state index contributed by atoms with van der Waals surface area (Å²) in [6, 6.07) is 24.7. The Balaban J connectivity index is 1.77. The lowest BCUT2D eigenvalue weighted by Gasteiger charge is -2.11. The monoisotopic (exact) mass is 355 g/mol. The predicted molar refractivity (Wildman–Crippen MR) is 108 cm³/mol. The number of anilines is 1. The van der Waals surface area contributed by atoms with E-state index in [4.69, 9.17) is 0 Å². The molecule has 0 amide bonds. The minimum Gasteiger partial charge on any atom is -0.381 e. The first-order valence-corrected chi connectivity index (χ1v) is 8.62. The topological polar surface area (TPSA) is 68.1 Å². The molecule has 0 aliphatic carbocycles. The predicted octanol–water partition coefficient (Wildman–Crippen LogP) is 5.42. The van der Waals surface area contributed by atoms with E-state index in [1.807, 2.05) is 54.6 Å². The quantitative estimate of drug-likeness (QED) is 0.383. The molecule has 0 radical (unpaired) electrons. The van der Waals surface area contributed by atoms with Crippen molar-refractivity contribution in [1.82, 2.24) is 4.98 Å². The molecule has 3 aromatic carbocycles. The second-order valence-electron chi connectivity index (χ2n) is 6.25. The summed E-state index contributed by atoms with van der Waals surface area (Å²) >= 11 is 0. The van der Waals surface area contributed by atoms with Crippen LogP contribution in [0.25, 0.3) is 22.0 Å². The van der Waals surface area contributed by atoms with E-state index >= 15 is 0 Å². The van der Waals surface area contributed by atoms with Crippen molar-refractivity contribution in [2.45, 2.75) is 6.54 Å². The zero-order valence-electron chi connectivity index (χ0n) is 14.5. The number of para-hydroxylation sites is 1. The summed E-state index contributed by atoms with van der Waals surface area (Å²) in [7, 11) is 0. The first-order chi connectivity index (χ1) is 13.2. The molecule has 1 N–H and O–H groups in total. The molecule has 1 aromatic heterocycles. The number of fused-ring (bicyclic) bond motifs is 1. The molecule has 132 valence electrons. The van der Waals surface area contributed by atoms with Gasteiger partial charge in [-0.2, -0.15) is 0 Å². The number of nitrogens with zero attached hydrogens (tertiary/aromatic N) is 2. The Hall–Kier alpha value is -3.73. The SMILES string of the molecule is O=[N+]([O-])c1cccc(-c2cc(CNc3ccccc3)cc3cccnc23)c1. The molecule has 1 heterocycles. The molecule has 5 heteroatoms. The van der Waals surface area contributed by atoms with Crippen molar-refractivity contribution in [2.75, 3.05) is 5.32 Å². The molecular formula is C22H17N3O2. The number of benzene rings is 3. The normalized spacial score (nSPS) is 10.7. The van der Waals surface area contributed by atoms with Crippen LogP contribution in [0.15, 0.2) is 85.1 Å². The smallest absolute Gasteiger partial charge is 0.270 e. The molecular weight excluding hydrogens is 338 g/mol. The van der Waals surface area contributed by atoms with Gasteiger partial charge in [0.1, 0.15) is 0 Å². The molecule has 0 bridgehead atoms. The maximum atomic E-state index is 11.2. The van der Waals surface area contributed by atoms with Gasteiger partial charge in [0.05, 0.1) is 10.4 Å². The van der Waals surface area contributed by atoms with Gasteiger partial charge in [0.15, 0.2) is 0 Å². The van der Waals surface area contributed by atoms with Crippen LogP contribution >= 0.6 is 0 Å². The summed E-state index contributed by atoms with van der Waals surface area (Å²) in [6.45, 7) is 0.650. The average Bonchev–Trinajstić information content (AvgIpc) is 2.72. The van der Waals surface area contributed by atoms with Crippen molar-refractivity contribution < 1.29 is 4.92 Å². The molecule has 0 saturated heterocycles. The van der Waals surface area contributed by atoms with E-state index < -0.39 is 0 Å². The zero-order valence-corrected chi connectivity index (χ0v) is 14.5. The van der Waals surface area contributed by atoms with Gasteiger partial charge < -0.3 is 5.32 Å². The van der Waals surface area contributed by atoms with Crippen LogP contribution in [0.4, 0.5) is 11.4 Å². The first-order valence-electron chi connectivity index (χ1n) is 8.62. The van der Waals surface area contributed by atoms with Crippen molar-refractivity contribution in [2.24, 2.45) is 0 Å². The molecule has 4 rings (SSSR count). The van der Waals surface area contributed by atoms with Crippen LogP contribution in [-0.4, -0.2) is 9.91 Å². The van der Waals surface area contributed by atoms with Crippen molar-refractivity contribution in [3.8, 4) is 11.1 Å². The Morgan fingerprint density at radius 2 is 1.78 bits per heavy atom. The van der Waals surface area contributed by atoms with E-state index in [0.717, 1.165) is 33.3 Å². The van der Waals surface area contributed by atoms with Crippen molar-refractivity contribution in [1.29, 1.82) is 0 Å². The van der Waals surface area contributed by atoms with E-state index in [-0.39, 0.29) is 10.6 Å². The van der Waals surface area contributed by atoms with Crippen LogP contribution in [0, 0.1) is 10.1 Å². The lowest BCUT2D eigenvalue weighted by Crippen LogP contribution is -2.00. The molecule has 0 saturated carbocycles. The lowest BCUT2D eigenvalue weighted by atomic mass is 9.98. The summed E-state index contributed by atoms with van der Waals surface area (Å²) in [5.74, 6) is 0. The van der Waals surface area contributed by atoms with Crippen LogP contribution in [0.2, 0.25) is 0 Å². The van der Waals surface area contributed by atoms with Crippen molar-refractivity contribution >= 4 is 22.3 Å². The van der Waals surface area contributed by atoms with Gasteiger partial charge in [-0.05, 0) is 41.5 Å². The number of hydrogen-bond acceptors (Lipinski definition) is 4. The van der Waals surface area contributed by atoms with Gasteiger partial charge in [-0.25, -0.2) is 0 Å². The van der Waals surface area contributed by atoms with Gasteiger partial charge in [-0.15, -0.1) is 0 Å². The second-order valence-corrected chi connectivity index (χ2v) is 6.25. The van der Waals surface area contributed by atoms with Gasteiger partial charge in [0, 0.05) is 41.5 Å². The Kier molecular flexibility index (Phi) is 4.49. The molecule has 27 heavy (non-hydrogen) atoms. The fraction of sp³-hybridized carbons (Fsp3) is 0.0455. The van der Waals surface area contributed by atoms with Crippen LogP contribution < -0.4 is 5.32 Å². The maximum Gasteiger partial charge on any atom is 0.270 e. The van der Waals surface area contributed by atoms with Gasteiger partial charge in [0.25, 0.3) is 5.69 Å². The summed E-state index contributed by atoms with van der Waals surface area (Å²) < 4.78 is 0. The Labute approximate surface area is 156 Å². The average molecular weight is 355 g/mol. The van der Waals surface area contributed by atoms with Crippen molar-refractivity contribution in [3.05, 3.63) is 101 Å². The number of nitro groups is 1. The highest BCUT2D eigenvalue weighted by Gasteiger charge is 2.12. The largest absolute Gasteiger partial charge is 0.381 e. The Morgan fingerprint density at radius 1 is 0.926 bits per heavy atom. The highest BCUT2D eigenvalue weighted by Crippen LogP contribution is 2.31. The van der Waals surface area contributed by atoms with Gasteiger partial charge >= 0.3 is 0 Å². The fourth-order valence-corrected chi connectivity index (χ4v) is 3.12. The number of aromatic nitrogens is 1. The summed E-state index contributed by atoms with van der Waals surface area (Å²) in [4.78, 5) is 15.3. The van der Waals surface area contributed by atoms with E-state index in [2.05, 4.69) is 16.4 Å². The molecule has 5 nitrogen and oxygen atoms in total. The second kappa shape index (κ2) is 7.25. The number of hydrogen-bond donors (Lipinski definition) is 1. The van der Waals surface area contributed by atoms with E-state index in [1.165, 1.54) is 6.07 Å². The Morgan fingerprint density at radius 3 is 2.59 bits per heavy atom. The molecule has 0 unspecified atom stereocenters. The highest BCUT2D eigenvalue weighted by atomic mass is 16.6. The highest BCUT2D eigenvalue weighted by molar-refractivity contribution is 5.94. The summed E-state index contributed by atoms with van der Waals surface area (Å²) in [5.41, 5.74) is 4.71. The molecule has 0 fully saturated rings. The number of nitrogens with one attached hydrogen (secondary N) is 1. The van der Waals surface area contributed by atoms with Crippen LogP contribution in [0.3, 0.4) is 0 Å². The van der Waals surface area contributed by atoms with Crippen LogP contribution in [0.5, 0.6) is 0 Å². The standard InChI is InChI=1S/C22H17N3O2/c26-25(27)20-10-4-6-17(14-20)21-13-16(12-18-7-5-11-23-22(18)21)15-24-19-8-2-1-3-9-19/h1-14,24H,15H2. The number of nitro benzene ring substituents is 1. The minimum absolute atomic E-state index is 0.0735. The van der Waals surface area contributed by atoms with Crippen molar-refractivity contribution in [3.63, 3.8) is 0 Å². The number of rotatable bonds is 5. The van der Waals surface area contributed by atoms with Crippen LogP contribution in [-0.2, 0) is 6.54 Å².